The first kappa shape index (κ1) is 20.5. The zero-order chi connectivity index (χ0) is 21.8. The third-order valence-electron chi connectivity index (χ3n) is 5.06. The number of hydrogen-bond acceptors (Lipinski definition) is 7. The molecule has 1 aliphatic rings. The SMILES string of the molecule is COc1cc(CN2CCc3c(nc(-c4ccccn4)[nH]c3=O)C2)ccc1OCC(N)=O. The number of pyridine rings is 1. The second kappa shape index (κ2) is 8.97. The maximum Gasteiger partial charge on any atom is 0.255 e. The normalized spacial score (nSPS) is 13.5. The largest absolute Gasteiger partial charge is 0.493 e. The van der Waals surface area contributed by atoms with E-state index in [0.29, 0.717) is 42.5 Å². The predicted octanol–water partition coefficient (Wildman–Crippen LogP) is 1.26. The van der Waals surface area contributed by atoms with Crippen molar-refractivity contribution in [2.45, 2.75) is 19.5 Å². The van der Waals surface area contributed by atoms with Crippen molar-refractivity contribution in [1.82, 2.24) is 19.9 Å². The van der Waals surface area contributed by atoms with Crippen LogP contribution in [0, 0.1) is 0 Å². The second-order valence-corrected chi connectivity index (χ2v) is 7.26. The first-order valence-electron chi connectivity index (χ1n) is 9.87. The van der Waals surface area contributed by atoms with Crippen molar-refractivity contribution < 1.29 is 14.3 Å². The number of benzene rings is 1. The molecule has 160 valence electrons. The summed E-state index contributed by atoms with van der Waals surface area (Å²) in [5.41, 5.74) is 8.17. The van der Waals surface area contributed by atoms with Crippen LogP contribution in [0.3, 0.4) is 0 Å². The number of fused-ring (bicyclic) bond motifs is 1. The Morgan fingerprint density at radius 1 is 1.26 bits per heavy atom. The van der Waals surface area contributed by atoms with Crippen molar-refractivity contribution >= 4 is 5.91 Å². The van der Waals surface area contributed by atoms with Crippen molar-refractivity contribution in [2.75, 3.05) is 20.3 Å². The zero-order valence-corrected chi connectivity index (χ0v) is 17.1. The van der Waals surface area contributed by atoms with E-state index in [9.17, 15) is 9.59 Å². The molecule has 4 rings (SSSR count). The monoisotopic (exact) mass is 421 g/mol. The molecule has 1 aliphatic heterocycles. The number of H-pyrrole nitrogens is 1. The molecular formula is C22H23N5O4. The van der Waals surface area contributed by atoms with Gasteiger partial charge in [0, 0.05) is 31.4 Å². The number of nitrogens with two attached hydrogens (primary N) is 1. The molecule has 0 saturated carbocycles. The molecule has 2 aromatic heterocycles. The summed E-state index contributed by atoms with van der Waals surface area (Å²) in [6.45, 7) is 1.74. The second-order valence-electron chi connectivity index (χ2n) is 7.26. The van der Waals surface area contributed by atoms with E-state index in [0.717, 1.165) is 23.4 Å². The van der Waals surface area contributed by atoms with Crippen LogP contribution in [0.15, 0.2) is 47.4 Å². The lowest BCUT2D eigenvalue weighted by atomic mass is 10.1. The minimum absolute atomic E-state index is 0.108. The van der Waals surface area contributed by atoms with Gasteiger partial charge in [0.1, 0.15) is 5.69 Å². The summed E-state index contributed by atoms with van der Waals surface area (Å²) in [5, 5.41) is 0. The molecule has 0 unspecified atom stereocenters. The van der Waals surface area contributed by atoms with Crippen LogP contribution in [0.25, 0.3) is 11.5 Å². The summed E-state index contributed by atoms with van der Waals surface area (Å²) in [4.78, 5) is 37.5. The summed E-state index contributed by atoms with van der Waals surface area (Å²) in [6, 6.07) is 11.0. The number of methoxy groups -OCH3 is 1. The van der Waals surface area contributed by atoms with Gasteiger partial charge in [-0.05, 0) is 36.2 Å². The van der Waals surface area contributed by atoms with Gasteiger partial charge in [-0.25, -0.2) is 4.98 Å². The van der Waals surface area contributed by atoms with Gasteiger partial charge in [-0.3, -0.25) is 19.5 Å². The Morgan fingerprint density at radius 2 is 2.13 bits per heavy atom. The van der Waals surface area contributed by atoms with Crippen LogP contribution in [0.4, 0.5) is 0 Å². The van der Waals surface area contributed by atoms with Crippen LogP contribution >= 0.6 is 0 Å². The van der Waals surface area contributed by atoms with Crippen LogP contribution in [-0.2, 0) is 24.3 Å². The van der Waals surface area contributed by atoms with Gasteiger partial charge in [-0.1, -0.05) is 12.1 Å². The van der Waals surface area contributed by atoms with Crippen LogP contribution < -0.4 is 20.8 Å². The van der Waals surface area contributed by atoms with Gasteiger partial charge in [0.2, 0.25) is 0 Å². The summed E-state index contributed by atoms with van der Waals surface area (Å²) in [5.74, 6) is 0.917. The number of aromatic amines is 1. The van der Waals surface area contributed by atoms with Gasteiger partial charge in [-0.15, -0.1) is 0 Å². The van der Waals surface area contributed by atoms with Gasteiger partial charge in [-0.2, -0.15) is 0 Å². The number of nitrogens with zero attached hydrogens (tertiary/aromatic N) is 3. The molecule has 3 heterocycles. The average molecular weight is 421 g/mol. The van der Waals surface area contributed by atoms with E-state index in [4.69, 9.17) is 15.2 Å². The fourth-order valence-electron chi connectivity index (χ4n) is 3.59. The van der Waals surface area contributed by atoms with Gasteiger partial charge < -0.3 is 20.2 Å². The van der Waals surface area contributed by atoms with Crippen molar-refractivity contribution in [2.24, 2.45) is 5.73 Å². The first-order chi connectivity index (χ1) is 15.0. The summed E-state index contributed by atoms with van der Waals surface area (Å²) >= 11 is 0. The smallest absolute Gasteiger partial charge is 0.255 e. The third kappa shape index (κ3) is 4.72. The molecule has 0 radical (unpaired) electrons. The van der Waals surface area contributed by atoms with E-state index in [-0.39, 0.29) is 12.2 Å². The summed E-state index contributed by atoms with van der Waals surface area (Å²) < 4.78 is 10.8. The lowest BCUT2D eigenvalue weighted by Gasteiger charge is -2.28. The Hall–Kier alpha value is -3.72. The van der Waals surface area contributed by atoms with Crippen molar-refractivity contribution in [3.63, 3.8) is 0 Å². The van der Waals surface area contributed by atoms with E-state index in [1.165, 1.54) is 0 Å². The van der Waals surface area contributed by atoms with E-state index in [2.05, 4.69) is 19.9 Å². The highest BCUT2D eigenvalue weighted by atomic mass is 16.5. The molecule has 0 saturated heterocycles. The van der Waals surface area contributed by atoms with Crippen LogP contribution in [0.5, 0.6) is 11.5 Å². The van der Waals surface area contributed by atoms with Crippen LogP contribution in [-0.4, -0.2) is 46.0 Å². The molecule has 1 amide bonds. The van der Waals surface area contributed by atoms with Crippen molar-refractivity contribution in [3.8, 4) is 23.0 Å². The molecule has 3 aromatic rings. The number of ether oxygens (including phenoxy) is 2. The molecule has 0 aliphatic carbocycles. The van der Waals surface area contributed by atoms with Crippen molar-refractivity contribution in [3.05, 3.63) is 69.8 Å². The Morgan fingerprint density at radius 3 is 2.87 bits per heavy atom. The predicted molar refractivity (Wildman–Crippen MR) is 114 cm³/mol. The summed E-state index contributed by atoms with van der Waals surface area (Å²) in [6.07, 6.45) is 2.29. The highest BCUT2D eigenvalue weighted by Crippen LogP contribution is 2.29. The highest BCUT2D eigenvalue weighted by Gasteiger charge is 2.22. The molecule has 9 nitrogen and oxygen atoms in total. The van der Waals surface area contributed by atoms with Gasteiger partial charge in [0.15, 0.2) is 23.9 Å². The lowest BCUT2D eigenvalue weighted by molar-refractivity contribution is -0.119. The number of nitrogens with one attached hydrogen (secondary N) is 1. The van der Waals surface area contributed by atoms with E-state index in [1.807, 2.05) is 30.3 Å². The first-order valence-corrected chi connectivity index (χ1v) is 9.87. The van der Waals surface area contributed by atoms with E-state index < -0.39 is 5.91 Å². The Balaban J connectivity index is 1.52. The minimum atomic E-state index is -0.550. The Kier molecular flexibility index (Phi) is 5.94. The molecule has 0 bridgehead atoms. The molecule has 1 aromatic carbocycles. The number of carbonyl (C=O) groups is 1. The maximum atomic E-state index is 12.5. The molecule has 9 heteroatoms. The number of carbonyl (C=O) groups excluding carboxylic acids is 1. The maximum absolute atomic E-state index is 12.5. The Bertz CT molecular complexity index is 1150. The van der Waals surface area contributed by atoms with Crippen LogP contribution in [0.1, 0.15) is 16.8 Å². The quantitative estimate of drug-likeness (QED) is 0.589. The van der Waals surface area contributed by atoms with E-state index in [1.54, 1.807) is 19.4 Å². The number of aromatic nitrogens is 3. The average Bonchev–Trinajstić information content (AvgIpc) is 2.78. The topological polar surface area (TPSA) is 123 Å². The standard InChI is InChI=1S/C22H23N5O4/c1-30-19-10-14(5-6-18(19)31-13-20(23)28)11-27-9-7-15-17(12-27)25-21(26-22(15)29)16-4-2-3-8-24-16/h2-6,8,10H,7,9,11-13H2,1H3,(H2,23,28)(H,25,26,29). The molecule has 3 N–H and O–H groups in total. The fourth-order valence-corrected chi connectivity index (χ4v) is 3.59. The number of amides is 1. The van der Waals surface area contributed by atoms with E-state index >= 15 is 0 Å². The Labute approximate surface area is 178 Å². The molecule has 31 heavy (non-hydrogen) atoms. The number of rotatable bonds is 7. The third-order valence-corrected chi connectivity index (χ3v) is 5.06. The minimum Gasteiger partial charge on any atom is -0.493 e. The number of hydrogen-bond donors (Lipinski definition) is 2. The van der Waals surface area contributed by atoms with Crippen LogP contribution in [0.2, 0.25) is 0 Å². The van der Waals surface area contributed by atoms with Crippen molar-refractivity contribution in [1.29, 1.82) is 0 Å². The zero-order valence-electron chi connectivity index (χ0n) is 17.1. The highest BCUT2D eigenvalue weighted by molar-refractivity contribution is 5.75. The lowest BCUT2D eigenvalue weighted by Crippen LogP contribution is -2.35. The molecule has 0 spiro atoms. The summed E-state index contributed by atoms with van der Waals surface area (Å²) in [7, 11) is 1.54. The molecular weight excluding hydrogens is 398 g/mol. The van der Waals surface area contributed by atoms with Gasteiger partial charge in [0.25, 0.3) is 11.5 Å². The van der Waals surface area contributed by atoms with Gasteiger partial charge >= 0.3 is 0 Å². The fraction of sp³-hybridized carbons (Fsp3) is 0.273. The molecule has 0 fully saturated rings. The van der Waals surface area contributed by atoms with Gasteiger partial charge in [0.05, 0.1) is 12.8 Å². The molecule has 0 atom stereocenters. The number of primary amides is 1.